The van der Waals surface area contributed by atoms with Crippen LogP contribution in [0.15, 0.2) is 29.2 Å². The summed E-state index contributed by atoms with van der Waals surface area (Å²) < 4.78 is 22.8. The highest BCUT2D eigenvalue weighted by Crippen LogP contribution is 2.15. The first-order valence-electron chi connectivity index (χ1n) is 9.44. The second-order valence-electron chi connectivity index (χ2n) is 6.75. The number of nitrogens with two attached hydrogens (primary N) is 1. The van der Waals surface area contributed by atoms with Gasteiger partial charge in [-0.25, -0.2) is 13.6 Å². The van der Waals surface area contributed by atoms with Gasteiger partial charge in [-0.05, 0) is 44.5 Å². The fraction of sp³-hybridized carbons (Fsp3) is 0.632. The number of primary sulfonamides is 1. The van der Waals surface area contributed by atoms with Crippen molar-refractivity contribution in [1.82, 2.24) is 4.90 Å². The molecule has 148 valence electrons. The van der Waals surface area contributed by atoms with Gasteiger partial charge in [-0.15, -0.1) is 0 Å². The maximum atomic E-state index is 12.3. The van der Waals surface area contributed by atoms with Gasteiger partial charge in [0.05, 0.1) is 4.90 Å². The Morgan fingerprint density at radius 3 is 2.54 bits per heavy atom. The lowest BCUT2D eigenvalue weighted by Gasteiger charge is -2.28. The van der Waals surface area contributed by atoms with Gasteiger partial charge in [-0.3, -0.25) is 4.79 Å². The van der Waals surface area contributed by atoms with Crippen LogP contribution in [0.3, 0.4) is 0 Å². The lowest BCUT2D eigenvalue weighted by molar-refractivity contribution is -0.116. The van der Waals surface area contributed by atoms with Gasteiger partial charge < -0.3 is 10.2 Å². The Morgan fingerprint density at radius 1 is 1.19 bits per heavy atom. The molecule has 1 aromatic rings. The molecule has 1 rings (SSSR count). The molecule has 26 heavy (non-hydrogen) atoms. The number of unbranched alkanes of at least 4 members (excludes halogenated alkanes) is 2. The smallest absolute Gasteiger partial charge is 0.238 e. The number of carbonyl (C=O) groups excluding carboxylic acids is 1. The van der Waals surface area contributed by atoms with Gasteiger partial charge in [-0.1, -0.05) is 39.2 Å². The van der Waals surface area contributed by atoms with Crippen LogP contribution in [-0.4, -0.2) is 38.4 Å². The molecule has 3 N–H and O–H groups in total. The molecule has 0 saturated carbocycles. The van der Waals surface area contributed by atoms with E-state index in [0.29, 0.717) is 24.7 Å². The summed E-state index contributed by atoms with van der Waals surface area (Å²) in [6.07, 6.45) is 6.13. The number of sulfonamides is 1. The molecular formula is C19H33N3O3S. The van der Waals surface area contributed by atoms with Crippen molar-refractivity contribution in [2.75, 3.05) is 18.4 Å². The fourth-order valence-corrected chi connectivity index (χ4v) is 3.50. The van der Waals surface area contributed by atoms with Gasteiger partial charge in [0.1, 0.15) is 0 Å². The van der Waals surface area contributed by atoms with Crippen LogP contribution in [0.4, 0.5) is 5.69 Å². The monoisotopic (exact) mass is 383 g/mol. The van der Waals surface area contributed by atoms with Crippen molar-refractivity contribution in [1.29, 1.82) is 0 Å². The number of hydrogen-bond donors (Lipinski definition) is 2. The minimum Gasteiger partial charge on any atom is -0.326 e. The van der Waals surface area contributed by atoms with Gasteiger partial charge in [-0.2, -0.15) is 0 Å². The van der Waals surface area contributed by atoms with Gasteiger partial charge in [0.15, 0.2) is 0 Å². The second kappa shape index (κ2) is 11.3. The molecule has 0 aromatic heterocycles. The highest BCUT2D eigenvalue weighted by molar-refractivity contribution is 7.89. The van der Waals surface area contributed by atoms with E-state index in [9.17, 15) is 13.2 Å². The Labute approximate surface area is 158 Å². The number of nitrogens with zero attached hydrogens (tertiary/aromatic N) is 1. The van der Waals surface area contributed by atoms with E-state index in [1.54, 1.807) is 12.1 Å². The van der Waals surface area contributed by atoms with E-state index in [4.69, 9.17) is 5.14 Å². The molecule has 0 radical (unpaired) electrons. The molecule has 0 aliphatic carbocycles. The van der Waals surface area contributed by atoms with Gasteiger partial charge in [0, 0.05) is 24.7 Å². The van der Waals surface area contributed by atoms with Crippen LogP contribution in [-0.2, 0) is 14.8 Å². The third-order valence-corrected chi connectivity index (χ3v) is 5.36. The van der Waals surface area contributed by atoms with Crippen molar-refractivity contribution in [3.05, 3.63) is 24.3 Å². The third-order valence-electron chi connectivity index (χ3n) is 4.45. The van der Waals surface area contributed by atoms with E-state index in [0.717, 1.165) is 25.8 Å². The molecule has 7 heteroatoms. The normalized spacial score (nSPS) is 13.0. The lowest BCUT2D eigenvalue weighted by atomic mass is 10.1. The van der Waals surface area contributed by atoms with Crippen LogP contribution >= 0.6 is 0 Å². The average Bonchev–Trinajstić information content (AvgIpc) is 2.57. The van der Waals surface area contributed by atoms with Crippen LogP contribution in [0.25, 0.3) is 0 Å². The molecule has 0 heterocycles. The summed E-state index contributed by atoms with van der Waals surface area (Å²) in [7, 11) is -3.78. The summed E-state index contributed by atoms with van der Waals surface area (Å²) >= 11 is 0. The van der Waals surface area contributed by atoms with E-state index in [-0.39, 0.29) is 10.8 Å². The highest BCUT2D eigenvalue weighted by atomic mass is 32.2. The van der Waals surface area contributed by atoms with E-state index in [1.165, 1.54) is 25.0 Å². The summed E-state index contributed by atoms with van der Waals surface area (Å²) in [6, 6.07) is 6.47. The predicted octanol–water partition coefficient (Wildman–Crippen LogP) is 3.34. The summed E-state index contributed by atoms with van der Waals surface area (Å²) in [5.74, 6) is -0.124. The topological polar surface area (TPSA) is 92.5 Å². The number of carbonyl (C=O) groups is 1. The minimum atomic E-state index is -3.78. The lowest BCUT2D eigenvalue weighted by Crippen LogP contribution is -2.36. The van der Waals surface area contributed by atoms with Crippen molar-refractivity contribution in [2.24, 2.45) is 5.14 Å². The Morgan fingerprint density at radius 2 is 1.92 bits per heavy atom. The summed E-state index contributed by atoms with van der Waals surface area (Å²) in [5, 5.41) is 7.89. The Hall–Kier alpha value is -1.44. The van der Waals surface area contributed by atoms with Crippen molar-refractivity contribution in [2.45, 2.75) is 70.2 Å². The molecule has 0 spiro atoms. The van der Waals surface area contributed by atoms with Gasteiger partial charge in [0.2, 0.25) is 15.9 Å². The number of anilines is 1. The third kappa shape index (κ3) is 8.29. The number of amides is 1. The first-order valence-corrected chi connectivity index (χ1v) is 11.0. The van der Waals surface area contributed by atoms with Crippen LogP contribution in [0.5, 0.6) is 0 Å². The largest absolute Gasteiger partial charge is 0.326 e. The zero-order valence-corrected chi connectivity index (χ0v) is 17.0. The average molecular weight is 384 g/mol. The molecule has 1 unspecified atom stereocenters. The highest BCUT2D eigenvalue weighted by Gasteiger charge is 2.15. The van der Waals surface area contributed by atoms with Crippen molar-refractivity contribution >= 4 is 21.6 Å². The summed E-state index contributed by atoms with van der Waals surface area (Å²) in [5.41, 5.74) is 0.445. The minimum absolute atomic E-state index is 0.00643. The molecule has 0 fully saturated rings. The summed E-state index contributed by atoms with van der Waals surface area (Å²) in [4.78, 5) is 14.6. The molecule has 0 aliphatic rings. The van der Waals surface area contributed by atoms with Gasteiger partial charge >= 0.3 is 0 Å². The quantitative estimate of drug-likeness (QED) is 0.541. The van der Waals surface area contributed by atoms with E-state index in [1.807, 2.05) is 0 Å². The Bertz CT molecular complexity index is 662. The van der Waals surface area contributed by atoms with E-state index < -0.39 is 10.0 Å². The van der Waals surface area contributed by atoms with Crippen LogP contribution in [0.2, 0.25) is 0 Å². The first kappa shape index (κ1) is 22.6. The van der Waals surface area contributed by atoms with E-state index in [2.05, 4.69) is 31.0 Å². The maximum absolute atomic E-state index is 12.3. The molecule has 1 amide bonds. The standard InChI is InChI=1S/C19H33N3O3S/c1-4-6-7-13-22(16(3)9-5-2)14-12-19(23)21-17-10-8-11-18(15-17)26(20,24)25/h8,10-11,15-16H,4-7,9,12-14H2,1-3H3,(H,21,23)(H2,20,24,25). The van der Waals surface area contributed by atoms with Crippen molar-refractivity contribution < 1.29 is 13.2 Å². The predicted molar refractivity (Wildman–Crippen MR) is 107 cm³/mol. The molecule has 6 nitrogen and oxygen atoms in total. The molecule has 1 aromatic carbocycles. The number of nitrogens with one attached hydrogen (secondary N) is 1. The zero-order valence-electron chi connectivity index (χ0n) is 16.2. The van der Waals surface area contributed by atoms with Crippen LogP contribution in [0, 0.1) is 0 Å². The maximum Gasteiger partial charge on any atom is 0.238 e. The number of hydrogen-bond acceptors (Lipinski definition) is 4. The zero-order chi connectivity index (χ0) is 19.6. The Kier molecular flexibility index (Phi) is 9.83. The molecule has 0 bridgehead atoms. The summed E-state index contributed by atoms with van der Waals surface area (Å²) in [6.45, 7) is 8.27. The number of benzene rings is 1. The SMILES string of the molecule is CCCCCN(CCC(=O)Nc1cccc(S(N)(=O)=O)c1)C(C)CCC. The van der Waals surface area contributed by atoms with Crippen molar-refractivity contribution in [3.8, 4) is 0 Å². The van der Waals surface area contributed by atoms with Crippen LogP contribution < -0.4 is 10.5 Å². The molecule has 1 atom stereocenters. The van der Waals surface area contributed by atoms with E-state index >= 15 is 0 Å². The molecule has 0 saturated heterocycles. The van der Waals surface area contributed by atoms with Gasteiger partial charge in [0.25, 0.3) is 0 Å². The van der Waals surface area contributed by atoms with Crippen molar-refractivity contribution in [3.63, 3.8) is 0 Å². The second-order valence-corrected chi connectivity index (χ2v) is 8.31. The fourth-order valence-electron chi connectivity index (χ4n) is 2.94. The molecular weight excluding hydrogens is 350 g/mol. The number of rotatable bonds is 12. The van der Waals surface area contributed by atoms with Crippen LogP contribution in [0.1, 0.15) is 59.3 Å². The first-order chi connectivity index (χ1) is 12.3. The Balaban J connectivity index is 2.61. The molecule has 0 aliphatic heterocycles.